The summed E-state index contributed by atoms with van der Waals surface area (Å²) < 4.78 is 3.88. The predicted molar refractivity (Wildman–Crippen MR) is 83.2 cm³/mol. The molecule has 2 heterocycles. The summed E-state index contributed by atoms with van der Waals surface area (Å²) in [5.41, 5.74) is 1.63. The van der Waals surface area contributed by atoms with Crippen LogP contribution in [0.25, 0.3) is 0 Å². The summed E-state index contributed by atoms with van der Waals surface area (Å²) in [7, 11) is 0. The molecule has 8 nitrogen and oxygen atoms in total. The lowest BCUT2D eigenvalue weighted by molar-refractivity contribution is -0.385. The van der Waals surface area contributed by atoms with E-state index in [2.05, 4.69) is 32.8 Å². The molecule has 2 rings (SSSR count). The zero-order valence-electron chi connectivity index (χ0n) is 11.6. The first kappa shape index (κ1) is 15.6. The van der Waals surface area contributed by atoms with Gasteiger partial charge in [-0.05, 0) is 42.9 Å². The zero-order chi connectivity index (χ0) is 15.6. The summed E-state index contributed by atoms with van der Waals surface area (Å²) in [5.74, 6) is -0.0832. The Hall–Kier alpha value is -1.78. The molecule has 0 saturated carbocycles. The molecule has 0 aliphatic heterocycles. The molecule has 0 fully saturated rings. The molecule has 9 heteroatoms. The minimum atomic E-state index is -0.494. The number of aromatic nitrogens is 4. The fraction of sp³-hybridized carbons (Fsp3) is 0.417. The molecule has 2 aromatic rings. The van der Waals surface area contributed by atoms with Gasteiger partial charge in [0.25, 0.3) is 0 Å². The van der Waals surface area contributed by atoms with Crippen molar-refractivity contribution in [2.24, 2.45) is 0 Å². The smallest absolute Gasteiger partial charge is 0.273 e. The molecule has 0 bridgehead atoms. The topological polar surface area (TPSA) is 95.8 Å². The van der Waals surface area contributed by atoms with Crippen molar-refractivity contribution in [3.8, 4) is 0 Å². The van der Waals surface area contributed by atoms with E-state index in [1.54, 1.807) is 0 Å². The Bertz CT molecular complexity index is 691. The third-order valence-corrected chi connectivity index (χ3v) is 4.61. The van der Waals surface area contributed by atoms with Crippen LogP contribution in [0.3, 0.4) is 0 Å². The van der Waals surface area contributed by atoms with Crippen LogP contribution in [0.5, 0.6) is 0 Å². The molecule has 0 aromatic carbocycles. The number of halogens is 1. The lowest BCUT2D eigenvalue weighted by Crippen LogP contribution is -2.15. The summed E-state index contributed by atoms with van der Waals surface area (Å²) in [5, 5.41) is 18.6. The van der Waals surface area contributed by atoms with E-state index in [0.717, 1.165) is 15.0 Å². The lowest BCUT2D eigenvalue weighted by Gasteiger charge is -2.03. The van der Waals surface area contributed by atoms with Gasteiger partial charge in [0, 0.05) is 13.0 Å². The van der Waals surface area contributed by atoms with Crippen molar-refractivity contribution in [1.82, 2.24) is 19.6 Å². The van der Waals surface area contributed by atoms with Gasteiger partial charge in [-0.15, -0.1) is 0 Å². The maximum atomic E-state index is 12.1. The summed E-state index contributed by atoms with van der Waals surface area (Å²) >= 11 is 2.17. The van der Waals surface area contributed by atoms with Crippen molar-refractivity contribution in [2.45, 2.75) is 33.2 Å². The fourth-order valence-electron chi connectivity index (χ4n) is 1.93. The van der Waals surface area contributed by atoms with Crippen LogP contribution in [0.2, 0.25) is 0 Å². The van der Waals surface area contributed by atoms with E-state index in [1.807, 2.05) is 13.8 Å². The average Bonchev–Trinajstić information content (AvgIpc) is 3.00. The highest BCUT2D eigenvalue weighted by Gasteiger charge is 2.15. The highest BCUT2D eigenvalue weighted by molar-refractivity contribution is 14.1. The maximum absolute atomic E-state index is 12.1. The molecule has 21 heavy (non-hydrogen) atoms. The molecule has 0 unspecified atom stereocenters. The van der Waals surface area contributed by atoms with Crippen LogP contribution in [-0.4, -0.2) is 30.4 Å². The van der Waals surface area contributed by atoms with Gasteiger partial charge in [-0.25, -0.2) is 4.68 Å². The number of aryl methyl sites for hydroxylation is 2. The van der Waals surface area contributed by atoms with E-state index in [-0.39, 0.29) is 11.6 Å². The Balaban J connectivity index is 1.92. The number of nitrogens with zero attached hydrogens (tertiary/aromatic N) is 5. The fourth-order valence-corrected chi connectivity index (χ4v) is 2.27. The third kappa shape index (κ3) is 3.46. The SMILES string of the molecule is Cc1nn(C(=O)CCCn2cc([N+](=O)[O-])cn2)c(C)c1I. The molecule has 0 aliphatic carbocycles. The molecule has 0 saturated heterocycles. The normalized spacial score (nSPS) is 10.8. The minimum absolute atomic E-state index is 0.0468. The van der Waals surface area contributed by atoms with Crippen molar-refractivity contribution in [1.29, 1.82) is 0 Å². The average molecular weight is 403 g/mol. The Labute approximate surface area is 134 Å². The van der Waals surface area contributed by atoms with Crippen molar-refractivity contribution < 1.29 is 9.72 Å². The quantitative estimate of drug-likeness (QED) is 0.434. The van der Waals surface area contributed by atoms with Gasteiger partial charge in [0.1, 0.15) is 12.4 Å². The summed E-state index contributed by atoms with van der Waals surface area (Å²) in [6.45, 7) is 4.17. The monoisotopic (exact) mass is 403 g/mol. The number of rotatable bonds is 5. The van der Waals surface area contributed by atoms with Crippen LogP contribution in [-0.2, 0) is 6.54 Å². The van der Waals surface area contributed by atoms with E-state index in [1.165, 1.54) is 21.8 Å². The van der Waals surface area contributed by atoms with Crippen molar-refractivity contribution in [3.05, 3.63) is 37.5 Å². The minimum Gasteiger partial charge on any atom is -0.273 e. The van der Waals surface area contributed by atoms with Crippen LogP contribution < -0.4 is 0 Å². The second-order valence-electron chi connectivity index (χ2n) is 4.61. The summed E-state index contributed by atoms with van der Waals surface area (Å²) in [6, 6.07) is 0. The Morgan fingerprint density at radius 2 is 2.19 bits per heavy atom. The summed E-state index contributed by atoms with van der Waals surface area (Å²) in [6.07, 6.45) is 3.42. The first-order valence-corrected chi connectivity index (χ1v) is 7.39. The van der Waals surface area contributed by atoms with Gasteiger partial charge >= 0.3 is 5.69 Å². The van der Waals surface area contributed by atoms with Gasteiger partial charge in [-0.3, -0.25) is 19.6 Å². The zero-order valence-corrected chi connectivity index (χ0v) is 13.8. The van der Waals surface area contributed by atoms with Gasteiger partial charge in [-0.1, -0.05) is 0 Å². The molecule has 0 aliphatic rings. The van der Waals surface area contributed by atoms with Crippen LogP contribution in [0.1, 0.15) is 29.0 Å². The standard InChI is InChI=1S/C12H14IN5O3/c1-8-12(13)9(2)17(15-8)11(19)4-3-5-16-7-10(6-14-16)18(20)21/h6-7H,3-5H2,1-2H3. The van der Waals surface area contributed by atoms with E-state index in [9.17, 15) is 14.9 Å². The second-order valence-corrected chi connectivity index (χ2v) is 5.69. The van der Waals surface area contributed by atoms with Crippen molar-refractivity contribution >= 4 is 34.2 Å². The third-order valence-electron chi connectivity index (χ3n) is 3.05. The molecular weight excluding hydrogens is 389 g/mol. The van der Waals surface area contributed by atoms with Crippen LogP contribution in [0.15, 0.2) is 12.4 Å². The van der Waals surface area contributed by atoms with Crippen molar-refractivity contribution in [3.63, 3.8) is 0 Å². The molecule has 112 valence electrons. The van der Waals surface area contributed by atoms with E-state index >= 15 is 0 Å². The van der Waals surface area contributed by atoms with Crippen LogP contribution in [0.4, 0.5) is 5.69 Å². The van der Waals surface area contributed by atoms with Gasteiger partial charge in [0.05, 0.1) is 19.9 Å². The Kier molecular flexibility index (Phi) is 4.70. The predicted octanol–water partition coefficient (Wildman–Crippen LogP) is 2.33. The van der Waals surface area contributed by atoms with Crippen molar-refractivity contribution in [2.75, 3.05) is 0 Å². The number of hydrogen-bond donors (Lipinski definition) is 0. The molecule has 0 atom stereocenters. The Morgan fingerprint density at radius 3 is 2.71 bits per heavy atom. The molecular formula is C12H14IN5O3. The van der Waals surface area contributed by atoms with Crippen LogP contribution >= 0.6 is 22.6 Å². The van der Waals surface area contributed by atoms with E-state index < -0.39 is 4.92 Å². The van der Waals surface area contributed by atoms with Gasteiger partial charge in [-0.2, -0.15) is 10.2 Å². The number of nitro groups is 1. The van der Waals surface area contributed by atoms with Gasteiger partial charge < -0.3 is 0 Å². The number of carbonyl (C=O) groups is 1. The second kappa shape index (κ2) is 6.33. The Morgan fingerprint density at radius 1 is 1.48 bits per heavy atom. The molecule has 0 N–H and O–H groups in total. The van der Waals surface area contributed by atoms with E-state index in [4.69, 9.17) is 0 Å². The first-order valence-electron chi connectivity index (χ1n) is 6.32. The molecule has 0 amide bonds. The van der Waals surface area contributed by atoms with Gasteiger partial charge in [0.2, 0.25) is 5.91 Å². The van der Waals surface area contributed by atoms with Crippen LogP contribution in [0, 0.1) is 27.5 Å². The first-order chi connectivity index (χ1) is 9.90. The van der Waals surface area contributed by atoms with Gasteiger partial charge in [0.15, 0.2) is 0 Å². The molecule has 0 radical (unpaired) electrons. The number of carbonyl (C=O) groups excluding carboxylic acids is 1. The summed E-state index contributed by atoms with van der Waals surface area (Å²) in [4.78, 5) is 22.1. The lowest BCUT2D eigenvalue weighted by atomic mass is 10.3. The highest BCUT2D eigenvalue weighted by Crippen LogP contribution is 2.16. The number of hydrogen-bond acceptors (Lipinski definition) is 5. The van der Waals surface area contributed by atoms with E-state index in [0.29, 0.717) is 19.4 Å². The largest absolute Gasteiger partial charge is 0.306 e. The molecule has 0 spiro atoms. The molecule has 2 aromatic heterocycles. The maximum Gasteiger partial charge on any atom is 0.306 e. The highest BCUT2D eigenvalue weighted by atomic mass is 127.